The lowest BCUT2D eigenvalue weighted by molar-refractivity contribution is 0.106. The Morgan fingerprint density at radius 2 is 1.83 bits per heavy atom. The molecule has 5 rings (SSSR count). The van der Waals surface area contributed by atoms with Crippen LogP contribution in [0.2, 0.25) is 0 Å². The van der Waals surface area contributed by atoms with Gasteiger partial charge in [-0.1, -0.05) is 31.2 Å². The molecule has 8 nitrogen and oxygen atoms in total. The van der Waals surface area contributed by atoms with Crippen molar-refractivity contribution in [3.05, 3.63) is 63.7 Å². The fraction of sp³-hybridized carbons (Fsp3) is 0.464. The molecule has 0 spiro atoms. The van der Waals surface area contributed by atoms with E-state index in [1.54, 1.807) is 19.2 Å². The first-order chi connectivity index (χ1) is 17.3. The monoisotopic (exact) mass is 481 g/mol. The molecule has 184 valence electrons. The second kappa shape index (κ2) is 9.04. The Labute approximate surface area is 211 Å². The Bertz CT molecular complexity index is 1440. The zero-order valence-electron chi connectivity index (χ0n) is 21.3. The van der Waals surface area contributed by atoms with Crippen molar-refractivity contribution in [2.24, 2.45) is 7.05 Å². The lowest BCUT2D eigenvalue weighted by Crippen LogP contribution is -2.58. The van der Waals surface area contributed by atoms with Crippen LogP contribution in [-0.2, 0) is 12.5 Å². The SMILES string of the molecule is CC[C@@H]1CN(c2nc(=O)n(C)c3ccc(C#N)nc23)[C@@H](C)CN1C(C)c1ccc(C2(C#N)CC2)cc1. The van der Waals surface area contributed by atoms with E-state index in [0.717, 1.165) is 31.4 Å². The van der Waals surface area contributed by atoms with Gasteiger partial charge in [-0.3, -0.25) is 9.47 Å². The number of benzene rings is 1. The molecule has 3 atom stereocenters. The molecule has 1 saturated carbocycles. The standard InChI is InChI=1S/C28H31N7O/c1-5-23-16-34(26-25-24(33(4)27(36)32-26)11-10-22(14-29)31-25)18(2)15-35(23)19(3)20-6-8-21(9-7-20)28(17-30)12-13-28/h6-11,18-19,23H,5,12-13,15-16H2,1-4H3/t18-,19?,23+/m0/s1. The van der Waals surface area contributed by atoms with Crippen molar-refractivity contribution in [1.29, 1.82) is 10.5 Å². The van der Waals surface area contributed by atoms with E-state index in [9.17, 15) is 15.3 Å². The Morgan fingerprint density at radius 3 is 2.44 bits per heavy atom. The number of rotatable bonds is 5. The molecule has 1 aliphatic heterocycles. The first kappa shape index (κ1) is 24.0. The highest BCUT2D eigenvalue weighted by Gasteiger charge is 2.45. The van der Waals surface area contributed by atoms with Gasteiger partial charge in [0, 0.05) is 38.3 Å². The van der Waals surface area contributed by atoms with Crippen molar-refractivity contribution in [2.75, 3.05) is 18.0 Å². The molecule has 1 saturated heterocycles. The van der Waals surface area contributed by atoms with Gasteiger partial charge in [0.25, 0.3) is 0 Å². The zero-order chi connectivity index (χ0) is 25.6. The number of nitrogens with zero attached hydrogens (tertiary/aromatic N) is 7. The maximum Gasteiger partial charge on any atom is 0.349 e. The Hall–Kier alpha value is -3.75. The number of hydrogen-bond acceptors (Lipinski definition) is 7. The van der Waals surface area contributed by atoms with E-state index in [4.69, 9.17) is 0 Å². The molecule has 1 unspecified atom stereocenters. The highest BCUT2D eigenvalue weighted by atomic mass is 16.1. The summed E-state index contributed by atoms with van der Waals surface area (Å²) in [5.74, 6) is 0.555. The van der Waals surface area contributed by atoms with Crippen LogP contribution in [0.15, 0.2) is 41.2 Å². The fourth-order valence-electron chi connectivity index (χ4n) is 5.53. The van der Waals surface area contributed by atoms with Gasteiger partial charge in [-0.25, -0.2) is 9.78 Å². The van der Waals surface area contributed by atoms with Gasteiger partial charge in [0.1, 0.15) is 17.3 Å². The van der Waals surface area contributed by atoms with Crippen LogP contribution in [0.5, 0.6) is 0 Å². The van der Waals surface area contributed by atoms with Gasteiger partial charge in [0.05, 0.1) is 17.0 Å². The molecule has 3 aromatic rings. The average Bonchev–Trinajstić information content (AvgIpc) is 3.71. The summed E-state index contributed by atoms with van der Waals surface area (Å²) in [5, 5.41) is 18.9. The Kier molecular flexibility index (Phi) is 6.02. The van der Waals surface area contributed by atoms with Crippen molar-refractivity contribution in [2.45, 2.75) is 63.6 Å². The van der Waals surface area contributed by atoms with Crippen LogP contribution >= 0.6 is 0 Å². The van der Waals surface area contributed by atoms with Crippen molar-refractivity contribution < 1.29 is 0 Å². The van der Waals surface area contributed by atoms with Crippen LogP contribution in [0.25, 0.3) is 11.0 Å². The minimum Gasteiger partial charge on any atom is -0.349 e. The van der Waals surface area contributed by atoms with Crippen molar-refractivity contribution in [3.63, 3.8) is 0 Å². The van der Waals surface area contributed by atoms with Crippen LogP contribution in [-0.4, -0.2) is 44.6 Å². The summed E-state index contributed by atoms with van der Waals surface area (Å²) in [4.78, 5) is 26.4. The summed E-state index contributed by atoms with van der Waals surface area (Å²) >= 11 is 0. The minimum absolute atomic E-state index is 0.0955. The second-order valence-corrected chi connectivity index (χ2v) is 10.2. The van der Waals surface area contributed by atoms with Crippen molar-refractivity contribution >= 4 is 16.9 Å². The summed E-state index contributed by atoms with van der Waals surface area (Å²) in [5.41, 5.74) is 3.33. The molecule has 0 N–H and O–H groups in total. The van der Waals surface area contributed by atoms with E-state index in [2.05, 4.69) is 76.9 Å². The molecule has 1 aliphatic carbocycles. The summed E-state index contributed by atoms with van der Waals surface area (Å²) in [6.07, 6.45) is 2.85. The number of anilines is 1. The number of pyridine rings is 1. The zero-order valence-corrected chi connectivity index (χ0v) is 21.3. The van der Waals surface area contributed by atoms with Crippen molar-refractivity contribution in [3.8, 4) is 12.1 Å². The molecule has 2 aromatic heterocycles. The molecule has 2 aliphatic rings. The van der Waals surface area contributed by atoms with E-state index in [1.807, 2.05) is 0 Å². The fourth-order valence-corrected chi connectivity index (χ4v) is 5.53. The third-order valence-corrected chi connectivity index (χ3v) is 8.08. The molecule has 0 amide bonds. The summed E-state index contributed by atoms with van der Waals surface area (Å²) in [7, 11) is 1.68. The quantitative estimate of drug-likeness (QED) is 0.546. The Balaban J connectivity index is 1.45. The van der Waals surface area contributed by atoms with Crippen LogP contribution < -0.4 is 10.6 Å². The van der Waals surface area contributed by atoms with Gasteiger partial charge < -0.3 is 4.90 Å². The molecule has 0 radical (unpaired) electrons. The van der Waals surface area contributed by atoms with Crippen molar-refractivity contribution in [1.82, 2.24) is 19.4 Å². The topological polar surface area (TPSA) is 102 Å². The van der Waals surface area contributed by atoms with Crippen LogP contribution in [0.1, 0.15) is 62.9 Å². The summed E-state index contributed by atoms with van der Waals surface area (Å²) in [6.45, 7) is 8.10. The number of aryl methyl sites for hydroxylation is 1. The number of piperazine rings is 1. The van der Waals surface area contributed by atoms with Gasteiger partial charge in [-0.2, -0.15) is 15.5 Å². The maximum atomic E-state index is 12.7. The maximum absolute atomic E-state index is 12.7. The number of fused-ring (bicyclic) bond motifs is 1. The summed E-state index contributed by atoms with van der Waals surface area (Å²) < 4.78 is 1.48. The van der Waals surface area contributed by atoms with E-state index in [0.29, 0.717) is 29.1 Å². The number of hydrogen-bond donors (Lipinski definition) is 0. The molecule has 1 aromatic carbocycles. The predicted octanol–water partition coefficient (Wildman–Crippen LogP) is 3.81. The van der Waals surface area contributed by atoms with E-state index >= 15 is 0 Å². The van der Waals surface area contributed by atoms with Crippen LogP contribution in [0, 0.1) is 22.7 Å². The minimum atomic E-state index is -0.328. The van der Waals surface area contributed by atoms with Gasteiger partial charge in [0.15, 0.2) is 5.82 Å². The molecule has 2 fully saturated rings. The summed E-state index contributed by atoms with van der Waals surface area (Å²) in [6, 6.07) is 17.1. The highest BCUT2D eigenvalue weighted by molar-refractivity contribution is 5.86. The largest absolute Gasteiger partial charge is 0.349 e. The van der Waals surface area contributed by atoms with Gasteiger partial charge >= 0.3 is 5.69 Å². The third-order valence-electron chi connectivity index (χ3n) is 8.08. The van der Waals surface area contributed by atoms with E-state index < -0.39 is 0 Å². The molecular weight excluding hydrogens is 450 g/mol. The first-order valence-electron chi connectivity index (χ1n) is 12.6. The van der Waals surface area contributed by atoms with Crippen LogP contribution in [0.3, 0.4) is 0 Å². The molecule has 8 heteroatoms. The molecule has 36 heavy (non-hydrogen) atoms. The van der Waals surface area contributed by atoms with Gasteiger partial charge in [-0.15, -0.1) is 0 Å². The predicted molar refractivity (Wildman–Crippen MR) is 138 cm³/mol. The first-order valence-corrected chi connectivity index (χ1v) is 12.6. The highest BCUT2D eigenvalue weighted by Crippen LogP contribution is 2.47. The molecule has 0 bridgehead atoms. The average molecular weight is 482 g/mol. The molecule has 3 heterocycles. The lowest BCUT2D eigenvalue weighted by Gasteiger charge is -2.48. The molecular formula is C28H31N7O. The number of nitriles is 2. The van der Waals surface area contributed by atoms with Gasteiger partial charge in [-0.05, 0) is 56.4 Å². The smallest absolute Gasteiger partial charge is 0.349 e. The number of aromatic nitrogens is 3. The second-order valence-electron chi connectivity index (χ2n) is 10.2. The lowest BCUT2D eigenvalue weighted by atomic mass is 9.94. The van der Waals surface area contributed by atoms with E-state index in [1.165, 1.54) is 10.1 Å². The Morgan fingerprint density at radius 1 is 1.11 bits per heavy atom. The normalized spacial score (nSPS) is 22.1. The van der Waals surface area contributed by atoms with Gasteiger partial charge in [0.2, 0.25) is 0 Å². The van der Waals surface area contributed by atoms with Crippen LogP contribution in [0.4, 0.5) is 5.82 Å². The van der Waals surface area contributed by atoms with E-state index in [-0.39, 0.29) is 29.2 Å². The third kappa shape index (κ3) is 3.92.